The molecule has 0 radical (unpaired) electrons. The maximum absolute atomic E-state index is 12.6. The van der Waals surface area contributed by atoms with Crippen LogP contribution in [0.1, 0.15) is 43.0 Å². The Labute approximate surface area is 151 Å². The second kappa shape index (κ2) is 7.91. The number of ether oxygens (including phenoxy) is 1. The lowest BCUT2D eigenvalue weighted by atomic mass is 9.89. The Hall–Kier alpha value is -2.02. The van der Waals surface area contributed by atoms with Gasteiger partial charge in [0.05, 0.1) is 24.4 Å². The van der Waals surface area contributed by atoms with Crippen LogP contribution >= 0.6 is 11.8 Å². The van der Waals surface area contributed by atoms with Crippen molar-refractivity contribution in [1.29, 1.82) is 0 Å². The van der Waals surface area contributed by atoms with Gasteiger partial charge in [0.1, 0.15) is 5.75 Å². The monoisotopic (exact) mass is 362 g/mol. The third kappa shape index (κ3) is 3.98. The zero-order valence-electron chi connectivity index (χ0n) is 14.2. The van der Waals surface area contributed by atoms with E-state index in [2.05, 4.69) is 5.32 Å². The van der Waals surface area contributed by atoms with Gasteiger partial charge in [-0.25, -0.2) is 0 Å². The van der Waals surface area contributed by atoms with Gasteiger partial charge in [-0.1, -0.05) is 24.6 Å². The Balaban J connectivity index is 1.69. The van der Waals surface area contributed by atoms with Gasteiger partial charge in [-0.05, 0) is 44.0 Å². The number of carbonyl (C=O) groups is 3. The molecule has 2 atom stereocenters. The molecule has 134 valence electrons. The molecule has 0 unspecified atom stereocenters. The third-order valence-corrected chi connectivity index (χ3v) is 5.42. The molecule has 25 heavy (non-hydrogen) atoms. The van der Waals surface area contributed by atoms with Crippen LogP contribution in [-0.4, -0.2) is 46.4 Å². The lowest BCUT2D eigenvalue weighted by molar-refractivity contribution is -0.127. The molecule has 3 rings (SSSR count). The normalized spacial score (nSPS) is 23.6. The van der Waals surface area contributed by atoms with Gasteiger partial charge in [0.25, 0.3) is 11.1 Å². The Bertz CT molecular complexity index is 646. The molecule has 1 aromatic rings. The Morgan fingerprint density at radius 2 is 1.96 bits per heavy atom. The number of carbonyl (C=O) groups excluding carboxylic acids is 3. The van der Waals surface area contributed by atoms with E-state index in [4.69, 9.17) is 4.74 Å². The zero-order chi connectivity index (χ0) is 17.8. The maximum Gasteiger partial charge on any atom is 0.289 e. The van der Waals surface area contributed by atoms with Gasteiger partial charge in [0, 0.05) is 5.56 Å². The number of hydrogen-bond donors (Lipinski definition) is 1. The summed E-state index contributed by atoms with van der Waals surface area (Å²) in [7, 11) is 0. The van der Waals surface area contributed by atoms with Crippen LogP contribution in [-0.2, 0) is 4.79 Å². The number of amides is 3. The van der Waals surface area contributed by atoms with Crippen LogP contribution in [0.25, 0.3) is 0 Å². The van der Waals surface area contributed by atoms with Crippen molar-refractivity contribution in [2.45, 2.75) is 44.7 Å². The van der Waals surface area contributed by atoms with E-state index in [1.165, 1.54) is 4.90 Å². The SMILES string of the molecule is CCOc1ccc(C(=O)N[C@H]2CCCC[C@H]2N2C(=O)CSC2=O)cc1. The third-order valence-electron chi connectivity index (χ3n) is 4.59. The van der Waals surface area contributed by atoms with Crippen LogP contribution in [0, 0.1) is 0 Å². The highest BCUT2D eigenvalue weighted by molar-refractivity contribution is 8.14. The van der Waals surface area contributed by atoms with E-state index < -0.39 is 0 Å². The van der Waals surface area contributed by atoms with Gasteiger partial charge in [-0.2, -0.15) is 0 Å². The summed E-state index contributed by atoms with van der Waals surface area (Å²) in [5.41, 5.74) is 0.543. The summed E-state index contributed by atoms with van der Waals surface area (Å²) in [6.07, 6.45) is 3.46. The molecule has 1 saturated heterocycles. The van der Waals surface area contributed by atoms with Crippen molar-refractivity contribution in [2.75, 3.05) is 12.4 Å². The second-order valence-electron chi connectivity index (χ2n) is 6.21. The molecular formula is C18H22N2O4S. The van der Waals surface area contributed by atoms with Crippen molar-refractivity contribution >= 4 is 28.8 Å². The molecule has 1 aromatic carbocycles. The number of benzene rings is 1. The van der Waals surface area contributed by atoms with E-state index in [0.717, 1.165) is 43.2 Å². The molecule has 1 saturated carbocycles. The van der Waals surface area contributed by atoms with Crippen LogP contribution in [0.4, 0.5) is 4.79 Å². The predicted octanol–water partition coefficient (Wildman–Crippen LogP) is 2.82. The van der Waals surface area contributed by atoms with Crippen LogP contribution in [0.2, 0.25) is 0 Å². The Morgan fingerprint density at radius 1 is 1.24 bits per heavy atom. The molecule has 1 aliphatic heterocycles. The predicted molar refractivity (Wildman–Crippen MR) is 95.8 cm³/mol. The van der Waals surface area contributed by atoms with E-state index >= 15 is 0 Å². The fourth-order valence-corrected chi connectivity index (χ4v) is 4.16. The average molecular weight is 362 g/mol. The highest BCUT2D eigenvalue weighted by atomic mass is 32.2. The lowest BCUT2D eigenvalue weighted by Gasteiger charge is -2.36. The smallest absolute Gasteiger partial charge is 0.289 e. The zero-order valence-corrected chi connectivity index (χ0v) is 15.0. The number of hydrogen-bond acceptors (Lipinski definition) is 5. The number of nitrogens with one attached hydrogen (secondary N) is 1. The van der Waals surface area contributed by atoms with Crippen molar-refractivity contribution in [3.8, 4) is 5.75 Å². The van der Waals surface area contributed by atoms with E-state index in [0.29, 0.717) is 12.2 Å². The standard InChI is InChI=1S/C18H22N2O4S/c1-2-24-13-9-7-12(8-10-13)17(22)19-14-5-3-4-6-15(14)20-16(21)11-25-18(20)23/h7-10,14-15H,2-6,11H2,1H3,(H,19,22)/t14-,15+/m0/s1. The lowest BCUT2D eigenvalue weighted by Crippen LogP contribution is -2.54. The number of imide groups is 1. The van der Waals surface area contributed by atoms with E-state index in [9.17, 15) is 14.4 Å². The summed E-state index contributed by atoms with van der Waals surface area (Å²) in [4.78, 5) is 38.0. The molecule has 1 heterocycles. The van der Waals surface area contributed by atoms with Crippen molar-refractivity contribution in [3.63, 3.8) is 0 Å². The fraction of sp³-hybridized carbons (Fsp3) is 0.500. The molecule has 3 amide bonds. The molecule has 6 nitrogen and oxygen atoms in total. The minimum Gasteiger partial charge on any atom is -0.494 e. The first kappa shape index (κ1) is 17.8. The van der Waals surface area contributed by atoms with Crippen LogP contribution in [0.15, 0.2) is 24.3 Å². The molecule has 0 aromatic heterocycles. The van der Waals surface area contributed by atoms with Crippen molar-refractivity contribution < 1.29 is 19.1 Å². The summed E-state index contributed by atoms with van der Waals surface area (Å²) in [6.45, 7) is 2.48. The summed E-state index contributed by atoms with van der Waals surface area (Å²) < 4.78 is 5.38. The summed E-state index contributed by atoms with van der Waals surface area (Å²) in [6, 6.07) is 6.54. The first-order valence-electron chi connectivity index (χ1n) is 8.62. The Kier molecular flexibility index (Phi) is 5.63. The van der Waals surface area contributed by atoms with Crippen molar-refractivity contribution in [2.24, 2.45) is 0 Å². The van der Waals surface area contributed by atoms with Crippen molar-refractivity contribution in [3.05, 3.63) is 29.8 Å². The van der Waals surface area contributed by atoms with Gasteiger partial charge < -0.3 is 10.1 Å². The molecule has 0 spiro atoms. The van der Waals surface area contributed by atoms with Crippen LogP contribution < -0.4 is 10.1 Å². The molecule has 1 aliphatic carbocycles. The molecule has 1 N–H and O–H groups in total. The van der Waals surface area contributed by atoms with Gasteiger partial charge in [-0.3, -0.25) is 19.3 Å². The number of rotatable bonds is 5. The molecule has 2 aliphatic rings. The van der Waals surface area contributed by atoms with Gasteiger partial charge >= 0.3 is 0 Å². The van der Waals surface area contributed by atoms with Crippen LogP contribution in [0.3, 0.4) is 0 Å². The second-order valence-corrected chi connectivity index (χ2v) is 7.13. The fourth-order valence-electron chi connectivity index (χ4n) is 3.39. The minimum atomic E-state index is -0.240. The molecule has 0 bridgehead atoms. The first-order chi connectivity index (χ1) is 12.1. The highest BCUT2D eigenvalue weighted by Gasteiger charge is 2.41. The first-order valence-corrected chi connectivity index (χ1v) is 9.61. The van der Waals surface area contributed by atoms with Gasteiger partial charge in [-0.15, -0.1) is 0 Å². The van der Waals surface area contributed by atoms with E-state index in [1.54, 1.807) is 24.3 Å². The quantitative estimate of drug-likeness (QED) is 0.872. The average Bonchev–Trinajstić information content (AvgIpc) is 2.95. The van der Waals surface area contributed by atoms with Gasteiger partial charge in [0.15, 0.2) is 0 Å². The molecule has 2 fully saturated rings. The molecular weight excluding hydrogens is 340 g/mol. The Morgan fingerprint density at radius 3 is 2.60 bits per heavy atom. The minimum absolute atomic E-state index is 0.151. The topological polar surface area (TPSA) is 75.7 Å². The largest absolute Gasteiger partial charge is 0.494 e. The number of nitrogens with zero attached hydrogens (tertiary/aromatic N) is 1. The van der Waals surface area contributed by atoms with Gasteiger partial charge in [0.2, 0.25) is 5.91 Å². The van der Waals surface area contributed by atoms with Crippen LogP contribution in [0.5, 0.6) is 5.75 Å². The van der Waals surface area contributed by atoms with Crippen molar-refractivity contribution in [1.82, 2.24) is 10.2 Å². The summed E-state index contributed by atoms with van der Waals surface area (Å²) in [5.74, 6) is 0.586. The summed E-state index contributed by atoms with van der Waals surface area (Å²) >= 11 is 1.04. The highest BCUT2D eigenvalue weighted by Crippen LogP contribution is 2.30. The maximum atomic E-state index is 12.6. The summed E-state index contributed by atoms with van der Waals surface area (Å²) in [5, 5.41) is 2.82. The van der Waals surface area contributed by atoms with E-state index in [1.807, 2.05) is 6.92 Å². The number of thioether (sulfide) groups is 1. The molecule has 7 heteroatoms. The van der Waals surface area contributed by atoms with E-state index in [-0.39, 0.29) is 34.9 Å².